The Kier molecular flexibility index (Phi) is 28.9. The van der Waals surface area contributed by atoms with Gasteiger partial charge in [-0.3, -0.25) is 0 Å². The van der Waals surface area contributed by atoms with Gasteiger partial charge in [0.2, 0.25) is 0 Å². The van der Waals surface area contributed by atoms with Gasteiger partial charge in [-0.25, -0.2) is 0 Å². The monoisotopic (exact) mass is 725 g/mol. The van der Waals surface area contributed by atoms with Gasteiger partial charge in [-0.1, -0.05) is 221 Å². The second-order valence-corrected chi connectivity index (χ2v) is 27.6. The van der Waals surface area contributed by atoms with Gasteiger partial charge in [0.15, 0.2) is 0 Å². The summed E-state index contributed by atoms with van der Waals surface area (Å²) < 4.78 is 0. The first kappa shape index (κ1) is 60.3. The van der Waals surface area contributed by atoms with Crippen LogP contribution in [0.5, 0.6) is 0 Å². The number of hydrogen-bond acceptors (Lipinski definition) is 0. The van der Waals surface area contributed by atoms with E-state index in [1.165, 1.54) is 64.2 Å². The Hall–Kier alpha value is 0. The molecule has 1 saturated carbocycles. The summed E-state index contributed by atoms with van der Waals surface area (Å²) in [6.45, 7) is 68.6. The Balaban J connectivity index is -0.000000174. The van der Waals surface area contributed by atoms with E-state index >= 15 is 0 Å². The number of rotatable bonds is 6. The van der Waals surface area contributed by atoms with Gasteiger partial charge in [-0.2, -0.15) is 0 Å². The van der Waals surface area contributed by atoms with Crippen molar-refractivity contribution in [2.24, 2.45) is 60.6 Å². The Morgan fingerprint density at radius 1 is 0.490 bits per heavy atom. The van der Waals surface area contributed by atoms with Crippen LogP contribution < -0.4 is 0 Å². The lowest BCUT2D eigenvalue weighted by atomic mass is 9.65. The number of hydrogen-bond donors (Lipinski definition) is 0. The molecule has 1 aliphatic rings. The second kappa shape index (κ2) is 24.5. The molecule has 0 aromatic carbocycles. The zero-order valence-electron chi connectivity index (χ0n) is 42.7. The van der Waals surface area contributed by atoms with Gasteiger partial charge in [0.25, 0.3) is 0 Å². The van der Waals surface area contributed by atoms with E-state index < -0.39 is 0 Å². The standard InChI is InChI=1S/C12H24.2C12H26.3C5H12/c1-11(2,3)10-6-8-12(4,5)9-7-10;1-10(12(5,6)7)8-9-11(2,3)4;1-7-12(5,6)10-8-9-11(2,3)4;3*1-5(2,3)4/h10H,6-9H2,1-5H3;10H,8-9H2,1-7H3;7-10H2,1-6H3;3*1-4H3. The van der Waals surface area contributed by atoms with Crippen LogP contribution in [0, 0.1) is 60.6 Å². The highest BCUT2D eigenvalue weighted by molar-refractivity contribution is 4.84. The zero-order valence-corrected chi connectivity index (χ0v) is 42.7. The molecule has 51 heavy (non-hydrogen) atoms. The smallest absolute Gasteiger partial charge is 0.0354 e. The van der Waals surface area contributed by atoms with Crippen LogP contribution in [0.3, 0.4) is 0 Å². The van der Waals surface area contributed by atoms with Crippen LogP contribution in [0.15, 0.2) is 0 Å². The summed E-state index contributed by atoms with van der Waals surface area (Å²) in [7, 11) is 0. The Morgan fingerprint density at radius 2 is 0.784 bits per heavy atom. The average Bonchev–Trinajstić information content (AvgIpc) is 2.77. The Bertz CT molecular complexity index is 715. The Labute approximate surface area is 331 Å². The molecule has 1 unspecified atom stereocenters. The van der Waals surface area contributed by atoms with E-state index in [0.717, 1.165) is 11.8 Å². The second-order valence-electron chi connectivity index (χ2n) is 27.6. The van der Waals surface area contributed by atoms with Crippen molar-refractivity contribution in [1.29, 1.82) is 0 Å². The molecule has 1 atom stereocenters. The van der Waals surface area contributed by atoms with Crippen LogP contribution in [0.2, 0.25) is 0 Å². The molecule has 0 radical (unpaired) electrons. The molecule has 0 aliphatic heterocycles. The lowest BCUT2D eigenvalue weighted by Gasteiger charge is -2.40. The zero-order chi connectivity index (χ0) is 42.7. The molecule has 0 heteroatoms. The van der Waals surface area contributed by atoms with E-state index in [2.05, 4.69) is 208 Å². The van der Waals surface area contributed by atoms with Gasteiger partial charge in [-0.15, -0.1) is 0 Å². The SMILES string of the molecule is CC(C)(C)C.CC(C)(C)C.CC(C)(C)C.CC(CCC(C)(C)C)C(C)(C)C.CC1(C)CCC(C(C)(C)C)CC1.CCC(C)(C)CCCC(C)(C)C. The van der Waals surface area contributed by atoms with Crippen molar-refractivity contribution in [3.05, 3.63) is 0 Å². The van der Waals surface area contributed by atoms with E-state index in [1.54, 1.807) is 0 Å². The molecule has 316 valence electrons. The predicted octanol–water partition coefficient (Wildman–Crippen LogP) is 19.5. The highest BCUT2D eigenvalue weighted by Gasteiger charge is 2.32. The molecule has 0 spiro atoms. The maximum absolute atomic E-state index is 2.41. The third-order valence-electron chi connectivity index (χ3n) is 9.11. The van der Waals surface area contributed by atoms with E-state index in [-0.39, 0.29) is 0 Å². The minimum Gasteiger partial charge on any atom is -0.0649 e. The van der Waals surface area contributed by atoms with Gasteiger partial charge in [0.05, 0.1) is 0 Å². The van der Waals surface area contributed by atoms with E-state index in [1.807, 2.05) is 0 Å². The fraction of sp³-hybridized carbons (Fsp3) is 1.00. The van der Waals surface area contributed by atoms with Gasteiger partial charge < -0.3 is 0 Å². The summed E-state index contributed by atoms with van der Waals surface area (Å²) in [5.41, 5.74) is 4.72. The highest BCUT2D eigenvalue weighted by atomic mass is 14.4. The maximum Gasteiger partial charge on any atom is -0.0354 e. The molecule has 1 rings (SSSR count). The fourth-order valence-electron chi connectivity index (χ4n) is 4.62. The van der Waals surface area contributed by atoms with Crippen LogP contribution in [0.25, 0.3) is 0 Å². The largest absolute Gasteiger partial charge is 0.0649 e. The molecule has 1 fully saturated rings. The van der Waals surface area contributed by atoms with E-state index in [0.29, 0.717) is 48.7 Å². The van der Waals surface area contributed by atoms with Crippen molar-refractivity contribution < 1.29 is 0 Å². The van der Waals surface area contributed by atoms with Crippen molar-refractivity contribution in [1.82, 2.24) is 0 Å². The summed E-state index contributed by atoms with van der Waals surface area (Å²) in [5, 5.41) is 0. The maximum atomic E-state index is 2.41. The molecule has 0 saturated heterocycles. The molecule has 0 aromatic rings. The van der Waals surface area contributed by atoms with Crippen LogP contribution in [0.4, 0.5) is 0 Å². The molecular formula is C51H112. The molecule has 0 heterocycles. The molecule has 1 aliphatic carbocycles. The molecular weight excluding hydrogens is 613 g/mol. The van der Waals surface area contributed by atoms with E-state index in [4.69, 9.17) is 0 Å². The molecule has 0 N–H and O–H groups in total. The summed E-state index contributed by atoms with van der Waals surface area (Å²) in [5.74, 6) is 1.79. The van der Waals surface area contributed by atoms with Crippen molar-refractivity contribution in [2.45, 2.75) is 272 Å². The van der Waals surface area contributed by atoms with E-state index in [9.17, 15) is 0 Å². The summed E-state index contributed by atoms with van der Waals surface area (Å²) in [6, 6.07) is 0. The lowest BCUT2D eigenvalue weighted by Crippen LogP contribution is -2.29. The van der Waals surface area contributed by atoms with Crippen molar-refractivity contribution in [3.63, 3.8) is 0 Å². The Morgan fingerprint density at radius 3 is 1.00 bits per heavy atom. The molecule has 0 bridgehead atoms. The summed E-state index contributed by atoms with van der Waals surface area (Å²) in [4.78, 5) is 0. The fourth-order valence-corrected chi connectivity index (χ4v) is 4.62. The van der Waals surface area contributed by atoms with Gasteiger partial charge in [-0.05, 0) is 112 Å². The average molecular weight is 725 g/mol. The minimum absolute atomic E-state index is 0.477. The van der Waals surface area contributed by atoms with Gasteiger partial charge >= 0.3 is 0 Å². The minimum atomic E-state index is 0.477. The predicted molar refractivity (Wildman–Crippen MR) is 245 cm³/mol. The van der Waals surface area contributed by atoms with Crippen LogP contribution >= 0.6 is 0 Å². The van der Waals surface area contributed by atoms with Crippen molar-refractivity contribution in [2.75, 3.05) is 0 Å². The van der Waals surface area contributed by atoms with Crippen LogP contribution in [-0.4, -0.2) is 0 Å². The summed E-state index contributed by atoms with van der Waals surface area (Å²) >= 11 is 0. The van der Waals surface area contributed by atoms with Crippen LogP contribution in [-0.2, 0) is 0 Å². The quantitative estimate of drug-likeness (QED) is 0.256. The third-order valence-corrected chi connectivity index (χ3v) is 9.11. The molecule has 0 amide bonds. The summed E-state index contributed by atoms with van der Waals surface area (Å²) in [6.07, 6.45) is 13.8. The van der Waals surface area contributed by atoms with Gasteiger partial charge in [0.1, 0.15) is 0 Å². The third kappa shape index (κ3) is 68.5. The van der Waals surface area contributed by atoms with Crippen molar-refractivity contribution in [3.8, 4) is 0 Å². The normalized spacial score (nSPS) is 16.6. The molecule has 0 nitrogen and oxygen atoms in total. The topological polar surface area (TPSA) is 0 Å². The molecule has 0 aromatic heterocycles. The first-order valence-corrected chi connectivity index (χ1v) is 21.7. The van der Waals surface area contributed by atoms with Crippen LogP contribution in [0.1, 0.15) is 272 Å². The first-order valence-electron chi connectivity index (χ1n) is 21.7. The van der Waals surface area contributed by atoms with Crippen molar-refractivity contribution >= 4 is 0 Å². The lowest BCUT2D eigenvalue weighted by molar-refractivity contribution is 0.111. The van der Waals surface area contributed by atoms with Gasteiger partial charge in [0, 0.05) is 0 Å². The highest BCUT2D eigenvalue weighted by Crippen LogP contribution is 2.44. The first-order chi connectivity index (χ1) is 21.7.